The predicted molar refractivity (Wildman–Crippen MR) is 77.8 cm³/mol. The molecule has 0 unspecified atom stereocenters. The fraction of sp³-hybridized carbons (Fsp3) is 0.143. The van der Waals surface area contributed by atoms with Gasteiger partial charge in [-0.05, 0) is 35.9 Å². The van der Waals surface area contributed by atoms with Gasteiger partial charge in [-0.2, -0.15) is 0 Å². The van der Waals surface area contributed by atoms with Crippen molar-refractivity contribution in [1.82, 2.24) is 0 Å². The minimum absolute atomic E-state index is 0.0935. The summed E-state index contributed by atoms with van der Waals surface area (Å²) >= 11 is 9.10. The van der Waals surface area contributed by atoms with Crippen molar-refractivity contribution in [3.8, 4) is 5.75 Å². The minimum Gasteiger partial charge on any atom is -0.489 e. The first kappa shape index (κ1) is 14.3. The van der Waals surface area contributed by atoms with Crippen LogP contribution in [0.2, 0.25) is 5.02 Å². The largest absolute Gasteiger partial charge is 0.489 e. The number of rotatable bonds is 4. The first-order valence-corrected chi connectivity index (χ1v) is 6.82. The second-order valence-electron chi connectivity index (χ2n) is 3.99. The lowest BCUT2D eigenvalue weighted by Gasteiger charge is -2.11. The average molecular weight is 345 g/mol. The molecule has 2 N–H and O–H groups in total. The van der Waals surface area contributed by atoms with Gasteiger partial charge >= 0.3 is 0 Å². The SMILES string of the molecule is NCc1cc(Br)ccc1OCc1ccc(F)c(Cl)c1. The molecule has 2 rings (SSSR count). The van der Waals surface area contributed by atoms with Crippen molar-refractivity contribution in [3.63, 3.8) is 0 Å². The Labute approximate surface area is 124 Å². The number of benzene rings is 2. The van der Waals surface area contributed by atoms with Gasteiger partial charge in [-0.1, -0.05) is 33.6 Å². The molecule has 2 aromatic rings. The highest BCUT2D eigenvalue weighted by molar-refractivity contribution is 9.10. The molecule has 0 aromatic heterocycles. The van der Waals surface area contributed by atoms with Gasteiger partial charge in [0.05, 0.1) is 5.02 Å². The van der Waals surface area contributed by atoms with E-state index in [-0.39, 0.29) is 5.02 Å². The number of hydrogen-bond donors (Lipinski definition) is 1. The molecule has 2 aromatic carbocycles. The van der Waals surface area contributed by atoms with E-state index in [2.05, 4.69) is 15.9 Å². The van der Waals surface area contributed by atoms with Crippen LogP contribution in [-0.2, 0) is 13.2 Å². The number of hydrogen-bond acceptors (Lipinski definition) is 2. The van der Waals surface area contributed by atoms with Gasteiger partial charge in [-0.25, -0.2) is 4.39 Å². The van der Waals surface area contributed by atoms with Crippen LogP contribution in [0.3, 0.4) is 0 Å². The van der Waals surface area contributed by atoms with Crippen molar-refractivity contribution in [2.24, 2.45) is 5.73 Å². The highest BCUT2D eigenvalue weighted by Gasteiger charge is 2.05. The second-order valence-corrected chi connectivity index (χ2v) is 5.32. The fourth-order valence-electron chi connectivity index (χ4n) is 1.64. The third-order valence-corrected chi connectivity index (χ3v) is 3.40. The maximum Gasteiger partial charge on any atom is 0.141 e. The molecule has 100 valence electrons. The summed E-state index contributed by atoms with van der Waals surface area (Å²) in [5, 5.41) is 0.0935. The van der Waals surface area contributed by atoms with Crippen LogP contribution in [-0.4, -0.2) is 0 Å². The minimum atomic E-state index is -0.434. The van der Waals surface area contributed by atoms with E-state index in [1.165, 1.54) is 6.07 Å². The number of halogens is 3. The summed E-state index contributed by atoms with van der Waals surface area (Å²) in [5.41, 5.74) is 7.37. The van der Waals surface area contributed by atoms with Crippen molar-refractivity contribution in [3.05, 3.63) is 62.8 Å². The van der Waals surface area contributed by atoms with Crippen molar-refractivity contribution < 1.29 is 9.13 Å². The summed E-state index contributed by atoms with van der Waals surface area (Å²) < 4.78 is 19.7. The van der Waals surface area contributed by atoms with Gasteiger partial charge in [0.25, 0.3) is 0 Å². The Morgan fingerprint density at radius 2 is 2.00 bits per heavy atom. The van der Waals surface area contributed by atoms with Crippen molar-refractivity contribution in [2.75, 3.05) is 0 Å². The lowest BCUT2D eigenvalue weighted by molar-refractivity contribution is 0.303. The molecule has 0 aliphatic carbocycles. The highest BCUT2D eigenvalue weighted by atomic mass is 79.9. The van der Waals surface area contributed by atoms with E-state index >= 15 is 0 Å². The normalized spacial score (nSPS) is 10.5. The van der Waals surface area contributed by atoms with Crippen LogP contribution >= 0.6 is 27.5 Å². The van der Waals surface area contributed by atoms with E-state index in [1.807, 2.05) is 18.2 Å². The van der Waals surface area contributed by atoms with Crippen LogP contribution in [0.1, 0.15) is 11.1 Å². The van der Waals surface area contributed by atoms with Crippen LogP contribution in [0.4, 0.5) is 4.39 Å². The summed E-state index contributed by atoms with van der Waals surface area (Å²) in [7, 11) is 0. The van der Waals surface area contributed by atoms with Crippen molar-refractivity contribution >= 4 is 27.5 Å². The molecule has 0 saturated heterocycles. The standard InChI is InChI=1S/C14H12BrClFNO/c15-11-2-4-14(10(6-11)7-18)19-8-9-1-3-13(17)12(16)5-9/h1-6H,7-8,18H2. The van der Waals surface area contributed by atoms with E-state index in [1.54, 1.807) is 12.1 Å². The van der Waals surface area contributed by atoms with E-state index < -0.39 is 5.82 Å². The quantitative estimate of drug-likeness (QED) is 0.898. The van der Waals surface area contributed by atoms with Gasteiger partial charge in [0.15, 0.2) is 0 Å². The fourth-order valence-corrected chi connectivity index (χ4v) is 2.25. The van der Waals surface area contributed by atoms with E-state index in [0.29, 0.717) is 18.9 Å². The monoisotopic (exact) mass is 343 g/mol. The third-order valence-electron chi connectivity index (χ3n) is 2.62. The summed E-state index contributed by atoms with van der Waals surface area (Å²) in [4.78, 5) is 0. The highest BCUT2D eigenvalue weighted by Crippen LogP contribution is 2.24. The Hall–Kier alpha value is -1.10. The first-order chi connectivity index (χ1) is 9.10. The van der Waals surface area contributed by atoms with Crippen LogP contribution in [0.15, 0.2) is 40.9 Å². The molecule has 0 aliphatic rings. The van der Waals surface area contributed by atoms with Crippen molar-refractivity contribution in [2.45, 2.75) is 13.2 Å². The molecule has 5 heteroatoms. The number of nitrogens with two attached hydrogens (primary N) is 1. The molecule has 0 bridgehead atoms. The first-order valence-electron chi connectivity index (χ1n) is 5.65. The molecule has 0 atom stereocenters. The molecule has 0 radical (unpaired) electrons. The zero-order valence-electron chi connectivity index (χ0n) is 10.00. The topological polar surface area (TPSA) is 35.2 Å². The lowest BCUT2D eigenvalue weighted by atomic mass is 10.2. The molecule has 2 nitrogen and oxygen atoms in total. The Balaban J connectivity index is 2.12. The number of ether oxygens (including phenoxy) is 1. The van der Waals surface area contributed by atoms with Crippen LogP contribution in [0.25, 0.3) is 0 Å². The van der Waals surface area contributed by atoms with E-state index in [9.17, 15) is 4.39 Å². The molecule has 0 saturated carbocycles. The Morgan fingerprint density at radius 1 is 1.21 bits per heavy atom. The molecule has 19 heavy (non-hydrogen) atoms. The average Bonchev–Trinajstić information content (AvgIpc) is 2.41. The Kier molecular flexibility index (Phi) is 4.80. The van der Waals surface area contributed by atoms with Gasteiger partial charge in [-0.15, -0.1) is 0 Å². The van der Waals surface area contributed by atoms with Gasteiger partial charge in [0.2, 0.25) is 0 Å². The van der Waals surface area contributed by atoms with Crippen LogP contribution < -0.4 is 10.5 Å². The van der Waals surface area contributed by atoms with Gasteiger partial charge in [0.1, 0.15) is 18.2 Å². The van der Waals surface area contributed by atoms with E-state index in [0.717, 1.165) is 15.6 Å². The van der Waals surface area contributed by atoms with Crippen LogP contribution in [0, 0.1) is 5.82 Å². The Morgan fingerprint density at radius 3 is 2.68 bits per heavy atom. The summed E-state index contributed by atoms with van der Waals surface area (Å²) in [6, 6.07) is 10.2. The molecule has 0 amide bonds. The van der Waals surface area contributed by atoms with Crippen molar-refractivity contribution in [1.29, 1.82) is 0 Å². The van der Waals surface area contributed by atoms with Gasteiger partial charge < -0.3 is 10.5 Å². The molecule has 0 fully saturated rings. The summed E-state index contributed by atoms with van der Waals surface area (Å²) in [6.45, 7) is 0.702. The third kappa shape index (κ3) is 3.69. The molecule has 0 aliphatic heterocycles. The molecular weight excluding hydrogens is 333 g/mol. The second kappa shape index (κ2) is 6.37. The predicted octanol–water partition coefficient (Wildman–Crippen LogP) is 4.28. The van der Waals surface area contributed by atoms with Gasteiger partial charge in [-0.3, -0.25) is 0 Å². The summed E-state index contributed by atoms with van der Waals surface area (Å²) in [5.74, 6) is 0.280. The molecular formula is C14H12BrClFNO. The maximum absolute atomic E-state index is 13.0. The molecule has 0 spiro atoms. The summed E-state index contributed by atoms with van der Waals surface area (Å²) in [6.07, 6.45) is 0. The van der Waals surface area contributed by atoms with E-state index in [4.69, 9.17) is 22.1 Å². The smallest absolute Gasteiger partial charge is 0.141 e. The zero-order valence-corrected chi connectivity index (χ0v) is 12.3. The zero-order chi connectivity index (χ0) is 13.8. The van der Waals surface area contributed by atoms with Gasteiger partial charge in [0, 0.05) is 16.6 Å². The molecule has 0 heterocycles. The maximum atomic E-state index is 13.0. The van der Waals surface area contributed by atoms with Crippen LogP contribution in [0.5, 0.6) is 5.75 Å². The lowest BCUT2D eigenvalue weighted by Crippen LogP contribution is -2.03. The Bertz CT molecular complexity index is 592.